The van der Waals surface area contributed by atoms with Gasteiger partial charge in [-0.05, 0) is 71.0 Å². The number of ether oxygens (including phenoxy) is 1. The lowest BCUT2D eigenvalue weighted by atomic mass is 9.69. The Kier molecular flexibility index (Phi) is 6.92. The normalized spacial score (nSPS) is 25.3. The van der Waals surface area contributed by atoms with Crippen LogP contribution in [0.2, 0.25) is 18.1 Å². The topological polar surface area (TPSA) is 59.3 Å². The number of esters is 1. The van der Waals surface area contributed by atoms with E-state index in [1.165, 1.54) is 0 Å². The van der Waals surface area contributed by atoms with Crippen LogP contribution in [0.15, 0.2) is 0 Å². The number of rotatable bonds is 5. The van der Waals surface area contributed by atoms with Crippen molar-refractivity contribution in [3.8, 4) is 6.07 Å². The van der Waals surface area contributed by atoms with Gasteiger partial charge in [-0.3, -0.25) is 4.79 Å². The van der Waals surface area contributed by atoms with Crippen LogP contribution in [0.1, 0.15) is 73.6 Å². The second-order valence-corrected chi connectivity index (χ2v) is 14.9. The van der Waals surface area contributed by atoms with E-state index in [0.717, 1.165) is 32.1 Å². The first kappa shape index (κ1) is 22.2. The third-order valence-corrected chi connectivity index (χ3v) is 10.3. The molecule has 0 N–H and O–H groups in total. The van der Waals surface area contributed by atoms with Crippen LogP contribution in [0.4, 0.5) is 0 Å². The lowest BCUT2D eigenvalue weighted by Gasteiger charge is -2.39. The zero-order valence-electron chi connectivity index (χ0n) is 17.5. The molecule has 0 unspecified atom stereocenters. The van der Waals surface area contributed by atoms with E-state index >= 15 is 0 Å². The van der Waals surface area contributed by atoms with E-state index in [1.54, 1.807) is 0 Å². The minimum Gasteiger partial charge on any atom is -0.460 e. The van der Waals surface area contributed by atoms with Crippen LogP contribution in [0.25, 0.3) is 0 Å². The highest BCUT2D eigenvalue weighted by molar-refractivity contribution is 6.74. The van der Waals surface area contributed by atoms with Crippen molar-refractivity contribution < 1.29 is 14.0 Å². The highest BCUT2D eigenvalue weighted by Crippen LogP contribution is 2.43. The summed E-state index contributed by atoms with van der Waals surface area (Å²) in [6.45, 7) is 17.5. The first-order valence-corrected chi connectivity index (χ1v) is 12.4. The molecule has 1 saturated carbocycles. The van der Waals surface area contributed by atoms with Crippen LogP contribution in [0.3, 0.4) is 0 Å². The van der Waals surface area contributed by atoms with E-state index in [0.29, 0.717) is 6.61 Å². The van der Waals surface area contributed by atoms with Crippen LogP contribution in [-0.2, 0) is 14.0 Å². The van der Waals surface area contributed by atoms with Gasteiger partial charge in [0.15, 0.2) is 8.32 Å². The fourth-order valence-corrected chi connectivity index (χ4v) is 3.97. The third-order valence-electron chi connectivity index (χ3n) is 5.77. The Morgan fingerprint density at radius 2 is 1.68 bits per heavy atom. The first-order valence-electron chi connectivity index (χ1n) is 9.49. The molecule has 1 aliphatic carbocycles. The highest BCUT2D eigenvalue weighted by atomic mass is 28.4. The number of carbonyl (C=O) groups is 1. The molecule has 0 aliphatic heterocycles. The Labute approximate surface area is 155 Å². The smallest absolute Gasteiger partial charge is 0.309 e. The van der Waals surface area contributed by atoms with E-state index < -0.39 is 13.9 Å². The molecule has 144 valence electrons. The molecule has 1 rings (SSSR count). The van der Waals surface area contributed by atoms with Crippen LogP contribution in [-0.4, -0.2) is 26.5 Å². The molecule has 5 heteroatoms. The summed E-state index contributed by atoms with van der Waals surface area (Å²) < 4.78 is 11.8. The number of nitrogens with zero attached hydrogens (tertiary/aromatic N) is 1. The van der Waals surface area contributed by atoms with Gasteiger partial charge in [-0.1, -0.05) is 20.8 Å². The van der Waals surface area contributed by atoms with Gasteiger partial charge in [-0.25, -0.2) is 0 Å². The van der Waals surface area contributed by atoms with Crippen molar-refractivity contribution in [3.05, 3.63) is 0 Å². The van der Waals surface area contributed by atoms with E-state index in [-0.39, 0.29) is 22.3 Å². The molecule has 0 aromatic carbocycles. The molecule has 0 aromatic rings. The van der Waals surface area contributed by atoms with Gasteiger partial charge in [0.25, 0.3) is 0 Å². The summed E-state index contributed by atoms with van der Waals surface area (Å²) in [5, 5.41) is 9.91. The summed E-state index contributed by atoms with van der Waals surface area (Å²) in [7, 11) is -1.78. The third kappa shape index (κ3) is 6.42. The molecule has 1 fully saturated rings. The number of hydrogen-bond acceptors (Lipinski definition) is 4. The maximum Gasteiger partial charge on any atom is 0.309 e. The summed E-state index contributed by atoms with van der Waals surface area (Å²) in [4.78, 5) is 12.2. The zero-order valence-corrected chi connectivity index (χ0v) is 18.5. The predicted octanol–water partition coefficient (Wildman–Crippen LogP) is 5.44. The molecule has 25 heavy (non-hydrogen) atoms. The Hall–Kier alpha value is -0.863. The second kappa shape index (κ2) is 7.80. The van der Waals surface area contributed by atoms with Gasteiger partial charge in [0.2, 0.25) is 0 Å². The van der Waals surface area contributed by atoms with Crippen LogP contribution in [0.5, 0.6) is 0 Å². The Balaban J connectivity index is 2.56. The molecule has 0 radical (unpaired) electrons. The molecule has 0 amide bonds. The molecular weight excluding hydrogens is 330 g/mol. The van der Waals surface area contributed by atoms with E-state index in [2.05, 4.69) is 39.9 Å². The fourth-order valence-electron chi connectivity index (χ4n) is 2.93. The maximum atomic E-state index is 12.2. The molecule has 0 heterocycles. The monoisotopic (exact) mass is 367 g/mol. The summed E-state index contributed by atoms with van der Waals surface area (Å²) in [5.74, 6) is -0.182. The summed E-state index contributed by atoms with van der Waals surface area (Å²) in [6.07, 6.45) is 3.75. The molecule has 0 aromatic heterocycles. The largest absolute Gasteiger partial charge is 0.460 e. The molecule has 0 atom stereocenters. The summed E-state index contributed by atoms with van der Waals surface area (Å²) in [6, 6.07) is 2.53. The Morgan fingerprint density at radius 1 is 1.16 bits per heavy atom. The maximum absolute atomic E-state index is 12.2. The van der Waals surface area contributed by atoms with Gasteiger partial charge in [-0.2, -0.15) is 5.26 Å². The fraction of sp³-hybridized carbons (Fsp3) is 0.900. The number of hydrogen-bond donors (Lipinski definition) is 0. The van der Waals surface area contributed by atoms with E-state index in [4.69, 9.17) is 9.16 Å². The zero-order chi connectivity index (χ0) is 19.5. The van der Waals surface area contributed by atoms with Gasteiger partial charge < -0.3 is 9.16 Å². The van der Waals surface area contributed by atoms with Gasteiger partial charge in [0, 0.05) is 6.61 Å². The summed E-state index contributed by atoms with van der Waals surface area (Å²) in [5.41, 5.74) is -0.793. The Bertz CT molecular complexity index is 501. The minimum atomic E-state index is -1.78. The van der Waals surface area contributed by atoms with Gasteiger partial charge in [0.1, 0.15) is 5.60 Å². The number of nitriles is 1. The quantitative estimate of drug-likeness (QED) is 0.479. The minimum absolute atomic E-state index is 0.0676. The lowest BCUT2D eigenvalue weighted by Crippen LogP contribution is -2.42. The van der Waals surface area contributed by atoms with Crippen molar-refractivity contribution in [2.24, 2.45) is 11.3 Å². The summed E-state index contributed by atoms with van der Waals surface area (Å²) >= 11 is 0. The van der Waals surface area contributed by atoms with Crippen LogP contribution in [0, 0.1) is 22.7 Å². The average molecular weight is 368 g/mol. The first-order chi connectivity index (χ1) is 11.2. The van der Waals surface area contributed by atoms with Crippen LogP contribution < -0.4 is 0 Å². The predicted molar refractivity (Wildman–Crippen MR) is 104 cm³/mol. The van der Waals surface area contributed by atoms with Crippen molar-refractivity contribution in [1.82, 2.24) is 0 Å². The molecule has 0 saturated heterocycles. The van der Waals surface area contributed by atoms with E-state index in [9.17, 15) is 10.1 Å². The molecule has 4 nitrogen and oxygen atoms in total. The lowest BCUT2D eigenvalue weighted by molar-refractivity contribution is -0.161. The van der Waals surface area contributed by atoms with Crippen molar-refractivity contribution >= 4 is 14.3 Å². The second-order valence-electron chi connectivity index (χ2n) is 10.1. The van der Waals surface area contributed by atoms with Gasteiger partial charge >= 0.3 is 5.97 Å². The van der Waals surface area contributed by atoms with Crippen molar-refractivity contribution in [1.29, 1.82) is 5.26 Å². The Morgan fingerprint density at radius 3 is 2.08 bits per heavy atom. The van der Waals surface area contributed by atoms with Crippen molar-refractivity contribution in [3.63, 3.8) is 0 Å². The SMILES string of the molecule is CC(C)(C)OC(=O)C1CCC(C#N)(CCO[Si](C)(C)C(C)(C)C)CC1. The average Bonchev–Trinajstić information content (AvgIpc) is 2.44. The molecule has 0 bridgehead atoms. The number of carbonyl (C=O) groups excluding carboxylic acids is 1. The molecular formula is C20H37NO3Si. The van der Waals surface area contributed by atoms with Gasteiger partial charge in [-0.15, -0.1) is 0 Å². The van der Waals surface area contributed by atoms with Gasteiger partial charge in [0.05, 0.1) is 17.4 Å². The van der Waals surface area contributed by atoms with Crippen molar-refractivity contribution in [2.45, 2.75) is 97.4 Å². The van der Waals surface area contributed by atoms with Crippen molar-refractivity contribution in [2.75, 3.05) is 6.61 Å². The molecule has 0 spiro atoms. The standard InChI is InChI=1S/C20H37NO3Si/c1-18(2,3)24-17(22)16-9-11-20(15-21,12-10-16)13-14-23-25(7,8)19(4,5)6/h16H,9-14H2,1-8H3. The van der Waals surface area contributed by atoms with E-state index in [1.807, 2.05) is 20.8 Å². The molecule has 1 aliphatic rings. The van der Waals surface area contributed by atoms with Crippen LogP contribution >= 0.6 is 0 Å². The highest BCUT2D eigenvalue weighted by Gasteiger charge is 2.41.